The van der Waals surface area contributed by atoms with Crippen molar-refractivity contribution in [1.29, 1.82) is 0 Å². The average Bonchev–Trinajstić information content (AvgIpc) is 0.834. The molecular formula is C90H95F9N7O20P3S3. The summed E-state index contributed by atoms with van der Waals surface area (Å²) in [6.07, 6.45) is -14.7. The monoisotopic (exact) mass is 1950 g/mol. The Balaban J connectivity index is 1.17. The van der Waals surface area contributed by atoms with Crippen molar-refractivity contribution in [3.63, 3.8) is 0 Å². The Kier molecular flexibility index (Phi) is 35.5. The lowest BCUT2D eigenvalue weighted by atomic mass is 10.1. The molecule has 0 aliphatic carbocycles. The number of rotatable bonds is 35. The number of carbonyl (C=O) groups excluding carboxylic acids is 1. The summed E-state index contributed by atoms with van der Waals surface area (Å²) >= 11 is 0. The molecule has 0 spiro atoms. The molecule has 42 heteroatoms. The van der Waals surface area contributed by atoms with E-state index in [-0.39, 0.29) is 145 Å². The minimum atomic E-state index is -5.04. The lowest BCUT2D eigenvalue weighted by Gasteiger charge is -2.35. The fraction of sp³-hybridized carbons (Fsp3) is 0.356. The van der Waals surface area contributed by atoms with E-state index in [1.165, 1.54) is 39.5 Å². The molecule has 1 aliphatic rings. The number of benzene rings is 6. The number of halogens is 9. The maximum absolute atomic E-state index is 16.1. The van der Waals surface area contributed by atoms with E-state index < -0.39 is 123 Å². The smallest absolute Gasteiger partial charge is 0.413 e. The van der Waals surface area contributed by atoms with Crippen molar-refractivity contribution in [3.8, 4) is 52.8 Å². The van der Waals surface area contributed by atoms with Gasteiger partial charge in [0.1, 0.15) is 39.2 Å². The largest absolute Gasteiger partial charge is 0.497 e. The van der Waals surface area contributed by atoms with Crippen molar-refractivity contribution < 1.29 is 128 Å². The molecule has 1 saturated heterocycles. The molecule has 1 amide bonds. The first-order valence-electron chi connectivity index (χ1n) is 40.9. The van der Waals surface area contributed by atoms with Gasteiger partial charge in [-0.1, -0.05) is 41.9 Å². The molecule has 0 radical (unpaired) electrons. The number of methoxy groups -OCH3 is 3. The molecule has 4 heterocycles. The van der Waals surface area contributed by atoms with Crippen LogP contribution in [0.2, 0.25) is 0 Å². The van der Waals surface area contributed by atoms with E-state index in [0.717, 1.165) is 72.8 Å². The van der Waals surface area contributed by atoms with Crippen LogP contribution >= 0.6 is 22.1 Å². The lowest BCUT2D eigenvalue weighted by molar-refractivity contribution is -0.153. The predicted molar refractivity (Wildman–Crippen MR) is 475 cm³/mol. The third-order valence-electron chi connectivity index (χ3n) is 19.5. The molecule has 1 aliphatic heterocycles. The second-order valence-electron chi connectivity index (χ2n) is 30.5. The Morgan fingerprint density at radius 3 is 1.03 bits per heavy atom. The highest BCUT2D eigenvalue weighted by Crippen LogP contribution is 2.47. The minimum Gasteiger partial charge on any atom is -0.497 e. The summed E-state index contributed by atoms with van der Waals surface area (Å²) in [6.45, 7) is 3.14. The SMILES string of the molecule is CCOP(=O)(c1ccc(S(=O)(=O)OCC(F)(F)F)cc1)c1cc(C#Cc2ccc(OC)cc2)cc(CN2CCN(Cc3cc(C#Cc4ccc(OC)cc4)cc(P(=O)(OCC)c4ccc(S(=O)(=O)OCC(F)(F)F)cc4)n3)CC(CCCCNC(=O)OC(C)(C)C)N(Cc3cc(C#Cc4ccc(OC)cc4)cc(P(=O)(OCC)c4ccc(S(=O)(=O)OCC(F)(F)F)cc4)n3)CC2)n1. The number of alkyl carbamates (subject to hydrolysis) is 1. The predicted octanol–water partition coefficient (Wildman–Crippen LogP) is 13.6. The van der Waals surface area contributed by atoms with Crippen LogP contribution in [0.5, 0.6) is 17.2 Å². The number of nitrogens with zero attached hydrogens (tertiary/aromatic N) is 6. The maximum Gasteiger partial charge on any atom is 0.413 e. The van der Waals surface area contributed by atoms with Gasteiger partial charge in [0, 0.05) is 114 Å². The van der Waals surface area contributed by atoms with Crippen molar-refractivity contribution in [1.82, 2.24) is 35.0 Å². The fourth-order valence-corrected chi connectivity index (χ4v) is 22.1. The number of carbonyl (C=O) groups is 1. The third kappa shape index (κ3) is 30.1. The highest BCUT2D eigenvalue weighted by Gasteiger charge is 2.40. The summed E-state index contributed by atoms with van der Waals surface area (Å²) in [5.41, 5.74) is 1.51. The van der Waals surface area contributed by atoms with Gasteiger partial charge in [-0.2, -0.15) is 64.8 Å². The molecule has 4 atom stereocenters. The van der Waals surface area contributed by atoms with Crippen LogP contribution in [-0.4, -0.2) is 191 Å². The van der Waals surface area contributed by atoms with Crippen molar-refractivity contribution >= 4 is 90.8 Å². The van der Waals surface area contributed by atoms with Gasteiger partial charge in [-0.25, -0.2) is 19.7 Å². The third-order valence-corrected chi connectivity index (χ3v) is 30.6. The van der Waals surface area contributed by atoms with Crippen LogP contribution in [0.25, 0.3) is 0 Å². The molecular weight excluding hydrogens is 1860 g/mol. The first-order valence-corrected chi connectivity index (χ1v) is 50.0. The number of unbranched alkanes of at least 4 members (excludes halogenated alkanes) is 1. The number of ether oxygens (including phenoxy) is 4. The van der Waals surface area contributed by atoms with Crippen LogP contribution in [0.1, 0.15) is 111 Å². The molecule has 4 unspecified atom stereocenters. The molecule has 0 saturated carbocycles. The van der Waals surface area contributed by atoms with Crippen LogP contribution < -0.4 is 51.7 Å². The maximum atomic E-state index is 16.1. The van der Waals surface area contributed by atoms with Gasteiger partial charge in [0.2, 0.25) is 0 Å². The number of pyridine rings is 3. The zero-order valence-corrected chi connectivity index (χ0v) is 78.1. The highest BCUT2D eigenvalue weighted by molar-refractivity contribution is 7.87. The summed E-state index contributed by atoms with van der Waals surface area (Å²) in [4.78, 5) is 32.5. The molecule has 1 N–H and O–H groups in total. The number of alkyl halides is 9. The number of aromatic nitrogens is 3. The normalized spacial score (nSPS) is 15.5. The highest BCUT2D eigenvalue weighted by atomic mass is 32.2. The van der Waals surface area contributed by atoms with Gasteiger partial charge in [0.05, 0.1) is 72.9 Å². The van der Waals surface area contributed by atoms with Crippen molar-refractivity contribution in [2.45, 2.75) is 125 Å². The lowest BCUT2D eigenvalue weighted by Crippen LogP contribution is -2.45. The molecule has 6 aromatic carbocycles. The molecule has 3 aromatic heterocycles. The molecule has 132 heavy (non-hydrogen) atoms. The summed E-state index contributed by atoms with van der Waals surface area (Å²) in [5.74, 6) is 20.5. The van der Waals surface area contributed by atoms with Gasteiger partial charge < -0.3 is 37.8 Å². The van der Waals surface area contributed by atoms with Crippen LogP contribution in [-0.2, 0) is 94.5 Å². The molecule has 706 valence electrons. The zero-order chi connectivity index (χ0) is 96.1. The molecule has 10 rings (SSSR count). The zero-order valence-electron chi connectivity index (χ0n) is 72.9. The summed E-state index contributed by atoms with van der Waals surface area (Å²) in [5, 5.41) is 2.43. The Hall–Kier alpha value is -10.3. The second kappa shape index (κ2) is 45.1. The number of nitrogens with one attached hydrogen (secondary N) is 1. The summed E-state index contributed by atoms with van der Waals surface area (Å²) in [6, 6.07) is 41.1. The fourth-order valence-electron chi connectivity index (χ4n) is 13.3. The Bertz CT molecular complexity index is 6230. The average molecular weight is 1950 g/mol. The van der Waals surface area contributed by atoms with Crippen molar-refractivity contribution in [3.05, 3.63) is 232 Å². The molecule has 27 nitrogen and oxygen atoms in total. The van der Waals surface area contributed by atoms with Gasteiger partial charge >= 0.3 is 24.6 Å². The van der Waals surface area contributed by atoms with Crippen molar-refractivity contribution in [2.75, 3.05) is 100 Å². The van der Waals surface area contributed by atoms with E-state index in [0.29, 0.717) is 53.2 Å². The minimum absolute atomic E-state index is 0.0938. The van der Waals surface area contributed by atoms with E-state index >= 15 is 13.7 Å². The second-order valence-corrected chi connectivity index (χ2v) is 42.3. The van der Waals surface area contributed by atoms with Crippen LogP contribution in [0.4, 0.5) is 44.3 Å². The molecule has 0 bridgehead atoms. The van der Waals surface area contributed by atoms with Gasteiger partial charge in [-0.15, -0.1) is 0 Å². The summed E-state index contributed by atoms with van der Waals surface area (Å²) in [7, 11) is -24.2. The first kappa shape index (κ1) is 104. The van der Waals surface area contributed by atoms with Gasteiger partial charge in [0.15, 0.2) is 19.8 Å². The number of amides is 1. The number of hydrogen-bond donors (Lipinski definition) is 1. The standard InChI is InChI=1S/C90H95F9N7O20P3S3/c1-10-120-127(108,77-34-40-80(41-35-77)130(111,112)123-61-88(91,92)93)83-54-67(19-16-64-22-28-74(117-7)29-23-64)51-70(101-83)57-104-47-48-105(58-71-52-68(20-17-65-24-30-75(118-8)31-25-65)55-84(102-71)128(109,121-11-2)78-36-42-81(43-37-78)131(113,114)124-62-89(94,95)96)60-73(15-13-14-46-100-86(107)126-87(4,5)6)106(50-49-104)59-72-53-69(21-18-66-26-32-76(119-9)33-27-66)56-85(103-72)129(110,122-12-3)79-38-44-82(45-39-79)132(115,116)125-63-90(97,98)99/h22-45,51-56,73H,10-15,46-50,57-63H2,1-9H3,(H,100,107). The van der Waals surface area contributed by atoms with E-state index in [2.05, 4.69) is 58.3 Å². The van der Waals surface area contributed by atoms with Gasteiger partial charge in [-0.3, -0.25) is 40.9 Å². The number of hydrogen-bond acceptors (Lipinski definition) is 26. The van der Waals surface area contributed by atoms with Crippen LogP contribution in [0.15, 0.2) is 197 Å². The quantitative estimate of drug-likeness (QED) is 0.0127. The van der Waals surface area contributed by atoms with Crippen molar-refractivity contribution in [2.24, 2.45) is 0 Å². The topological polar surface area (TPSA) is 323 Å². The van der Waals surface area contributed by atoms with E-state index in [1.807, 2.05) is 9.80 Å². The van der Waals surface area contributed by atoms with E-state index in [1.54, 1.807) is 133 Å². The molecule has 9 aromatic rings. The van der Waals surface area contributed by atoms with Gasteiger partial charge in [0.25, 0.3) is 52.5 Å². The first-order chi connectivity index (χ1) is 62.2. The van der Waals surface area contributed by atoms with Crippen LogP contribution in [0.3, 0.4) is 0 Å². The molecule has 1 fully saturated rings. The summed E-state index contributed by atoms with van der Waals surface area (Å²) < 4.78 is 300. The Labute approximate surface area is 760 Å². The van der Waals surface area contributed by atoms with Crippen LogP contribution in [0, 0.1) is 35.5 Å². The Morgan fingerprint density at radius 2 is 0.720 bits per heavy atom. The van der Waals surface area contributed by atoms with E-state index in [4.69, 9.17) is 47.5 Å². The van der Waals surface area contributed by atoms with Gasteiger partial charge in [-0.05, 0) is 236 Å². The van der Waals surface area contributed by atoms with E-state index in [9.17, 15) is 69.6 Å². The Morgan fingerprint density at radius 1 is 0.417 bits per heavy atom.